The zero-order valence-electron chi connectivity index (χ0n) is 10.5. The predicted molar refractivity (Wildman–Crippen MR) is 72.6 cm³/mol. The number of anilines is 1. The van der Waals surface area contributed by atoms with Crippen molar-refractivity contribution in [2.45, 2.75) is 26.3 Å². The number of hydrogen-bond donors (Lipinski definition) is 2. The molecule has 0 saturated carbocycles. The summed E-state index contributed by atoms with van der Waals surface area (Å²) in [4.78, 5) is 11.6. The van der Waals surface area contributed by atoms with Crippen LogP contribution in [0.15, 0.2) is 18.2 Å². The lowest BCUT2D eigenvalue weighted by atomic mass is 10.2. The lowest BCUT2D eigenvalue weighted by Crippen LogP contribution is -2.34. The van der Waals surface area contributed by atoms with Crippen LogP contribution in [0.4, 0.5) is 5.69 Å². The summed E-state index contributed by atoms with van der Waals surface area (Å²) in [5.74, 6) is -0.151. The molecule has 96 valence electrons. The first-order chi connectivity index (χ1) is 8.56. The zero-order chi connectivity index (χ0) is 13.5. The first-order valence-electron chi connectivity index (χ1n) is 5.79. The van der Waals surface area contributed by atoms with E-state index in [9.17, 15) is 4.79 Å². The summed E-state index contributed by atoms with van der Waals surface area (Å²) in [5, 5.41) is 14.9. The average Bonchev–Trinajstić information content (AvgIpc) is 2.38. The van der Waals surface area contributed by atoms with Crippen molar-refractivity contribution in [3.63, 3.8) is 0 Å². The fourth-order valence-corrected chi connectivity index (χ4v) is 1.52. The summed E-state index contributed by atoms with van der Waals surface area (Å²) in [7, 11) is 0. The van der Waals surface area contributed by atoms with E-state index in [4.69, 9.17) is 16.9 Å². The van der Waals surface area contributed by atoms with E-state index in [1.54, 1.807) is 12.1 Å². The van der Waals surface area contributed by atoms with Gasteiger partial charge in [-0.2, -0.15) is 5.26 Å². The molecule has 1 rings (SSSR count). The minimum absolute atomic E-state index is 0.151. The van der Waals surface area contributed by atoms with E-state index >= 15 is 0 Å². The fourth-order valence-electron chi connectivity index (χ4n) is 1.29. The highest BCUT2D eigenvalue weighted by Crippen LogP contribution is 2.22. The van der Waals surface area contributed by atoms with Crippen LogP contribution in [0.3, 0.4) is 0 Å². The molecular formula is C13H16ClN3O. The van der Waals surface area contributed by atoms with Gasteiger partial charge in [0.15, 0.2) is 0 Å². The smallest absolute Gasteiger partial charge is 0.238 e. The van der Waals surface area contributed by atoms with Gasteiger partial charge in [-0.05, 0) is 31.5 Å². The molecule has 18 heavy (non-hydrogen) atoms. The SMILES string of the molecule is CCC(C)NCC(=O)Nc1ccc(C#N)cc1Cl. The van der Waals surface area contributed by atoms with Crippen molar-refractivity contribution in [2.24, 2.45) is 0 Å². The van der Waals surface area contributed by atoms with E-state index in [-0.39, 0.29) is 12.5 Å². The number of rotatable bonds is 5. The summed E-state index contributed by atoms with van der Waals surface area (Å²) in [6.07, 6.45) is 0.963. The second-order valence-corrected chi connectivity index (χ2v) is 4.45. The standard InChI is InChI=1S/C13H16ClN3O/c1-3-9(2)16-8-13(18)17-12-5-4-10(7-15)6-11(12)14/h4-6,9,16H,3,8H2,1-2H3,(H,17,18). The van der Waals surface area contributed by atoms with Crippen LogP contribution in [0.1, 0.15) is 25.8 Å². The van der Waals surface area contributed by atoms with Crippen LogP contribution >= 0.6 is 11.6 Å². The van der Waals surface area contributed by atoms with Crippen molar-refractivity contribution in [3.8, 4) is 6.07 Å². The Bertz CT molecular complexity index is 468. The van der Waals surface area contributed by atoms with Gasteiger partial charge < -0.3 is 10.6 Å². The molecule has 1 atom stereocenters. The molecular weight excluding hydrogens is 250 g/mol. The molecule has 2 N–H and O–H groups in total. The summed E-state index contributed by atoms with van der Waals surface area (Å²) in [6.45, 7) is 4.31. The number of nitrogens with one attached hydrogen (secondary N) is 2. The summed E-state index contributed by atoms with van der Waals surface area (Å²) in [6, 6.07) is 7.05. The maximum Gasteiger partial charge on any atom is 0.238 e. The molecule has 1 aromatic rings. The molecule has 4 nitrogen and oxygen atoms in total. The largest absolute Gasteiger partial charge is 0.324 e. The van der Waals surface area contributed by atoms with Gasteiger partial charge in [0.2, 0.25) is 5.91 Å². The normalized spacial score (nSPS) is 11.7. The number of halogens is 1. The molecule has 0 fully saturated rings. The van der Waals surface area contributed by atoms with Gasteiger partial charge in [0, 0.05) is 6.04 Å². The van der Waals surface area contributed by atoms with Crippen LogP contribution in [0.2, 0.25) is 5.02 Å². The number of carbonyl (C=O) groups excluding carboxylic acids is 1. The lowest BCUT2D eigenvalue weighted by Gasteiger charge is -2.12. The van der Waals surface area contributed by atoms with Crippen LogP contribution in [0, 0.1) is 11.3 Å². The Morgan fingerprint density at radius 1 is 1.56 bits per heavy atom. The number of benzene rings is 1. The predicted octanol–water partition coefficient (Wildman–Crippen LogP) is 2.54. The summed E-state index contributed by atoms with van der Waals surface area (Å²) in [5.41, 5.74) is 0.988. The Morgan fingerprint density at radius 3 is 2.83 bits per heavy atom. The molecule has 0 radical (unpaired) electrons. The Balaban J connectivity index is 2.57. The van der Waals surface area contributed by atoms with Crippen LogP contribution in [-0.4, -0.2) is 18.5 Å². The molecule has 5 heteroatoms. The van der Waals surface area contributed by atoms with Crippen molar-refractivity contribution in [2.75, 3.05) is 11.9 Å². The quantitative estimate of drug-likeness (QED) is 0.860. The first-order valence-corrected chi connectivity index (χ1v) is 6.17. The van der Waals surface area contributed by atoms with Gasteiger partial charge in [0.25, 0.3) is 0 Å². The Morgan fingerprint density at radius 2 is 2.28 bits per heavy atom. The van der Waals surface area contributed by atoms with E-state index in [0.29, 0.717) is 22.3 Å². The topological polar surface area (TPSA) is 64.9 Å². The van der Waals surface area contributed by atoms with Crippen LogP contribution in [0.25, 0.3) is 0 Å². The fraction of sp³-hybridized carbons (Fsp3) is 0.385. The zero-order valence-corrected chi connectivity index (χ0v) is 11.2. The highest BCUT2D eigenvalue weighted by Gasteiger charge is 2.07. The molecule has 0 spiro atoms. The number of hydrogen-bond acceptors (Lipinski definition) is 3. The summed E-state index contributed by atoms with van der Waals surface area (Å²) >= 11 is 5.96. The molecule has 0 aromatic heterocycles. The van der Waals surface area contributed by atoms with Gasteiger partial charge in [-0.1, -0.05) is 18.5 Å². The molecule has 0 aliphatic carbocycles. The summed E-state index contributed by atoms with van der Waals surface area (Å²) < 4.78 is 0. The third kappa shape index (κ3) is 4.36. The van der Waals surface area contributed by atoms with Crippen molar-refractivity contribution in [3.05, 3.63) is 28.8 Å². The van der Waals surface area contributed by atoms with E-state index < -0.39 is 0 Å². The minimum Gasteiger partial charge on any atom is -0.324 e. The second-order valence-electron chi connectivity index (χ2n) is 4.04. The second kappa shape index (κ2) is 7.00. The van der Waals surface area contributed by atoms with E-state index in [2.05, 4.69) is 10.6 Å². The third-order valence-corrected chi connectivity index (χ3v) is 2.91. The van der Waals surface area contributed by atoms with Gasteiger partial charge >= 0.3 is 0 Å². The van der Waals surface area contributed by atoms with Gasteiger partial charge in [-0.3, -0.25) is 4.79 Å². The highest BCUT2D eigenvalue weighted by molar-refractivity contribution is 6.33. The van der Waals surface area contributed by atoms with Crippen molar-refractivity contribution in [1.29, 1.82) is 5.26 Å². The third-order valence-electron chi connectivity index (χ3n) is 2.60. The van der Waals surface area contributed by atoms with Crippen molar-refractivity contribution >= 4 is 23.2 Å². The number of amides is 1. The molecule has 0 heterocycles. The molecule has 1 aromatic carbocycles. The monoisotopic (exact) mass is 265 g/mol. The Kier molecular flexibility index (Phi) is 5.63. The first kappa shape index (κ1) is 14.5. The van der Waals surface area contributed by atoms with E-state index in [1.165, 1.54) is 6.07 Å². The number of carbonyl (C=O) groups is 1. The minimum atomic E-state index is -0.151. The van der Waals surface area contributed by atoms with Crippen molar-refractivity contribution < 1.29 is 4.79 Å². The Hall–Kier alpha value is -1.57. The number of nitrogens with zero attached hydrogens (tertiary/aromatic N) is 1. The van der Waals surface area contributed by atoms with Gasteiger partial charge in [-0.15, -0.1) is 0 Å². The van der Waals surface area contributed by atoms with Crippen LogP contribution in [-0.2, 0) is 4.79 Å². The molecule has 0 saturated heterocycles. The molecule has 1 amide bonds. The van der Waals surface area contributed by atoms with Crippen LogP contribution < -0.4 is 10.6 Å². The molecule has 0 aliphatic rings. The highest BCUT2D eigenvalue weighted by atomic mass is 35.5. The van der Waals surface area contributed by atoms with Crippen molar-refractivity contribution in [1.82, 2.24) is 5.32 Å². The Labute approximate surface area is 112 Å². The molecule has 0 bridgehead atoms. The van der Waals surface area contributed by atoms with Gasteiger partial charge in [0.1, 0.15) is 0 Å². The molecule has 0 aliphatic heterocycles. The van der Waals surface area contributed by atoms with E-state index in [0.717, 1.165) is 6.42 Å². The maximum absolute atomic E-state index is 11.6. The number of nitriles is 1. The average molecular weight is 266 g/mol. The van der Waals surface area contributed by atoms with Gasteiger partial charge in [-0.25, -0.2) is 0 Å². The van der Waals surface area contributed by atoms with Gasteiger partial charge in [0.05, 0.1) is 28.9 Å². The maximum atomic E-state index is 11.6. The van der Waals surface area contributed by atoms with E-state index in [1.807, 2.05) is 19.9 Å². The molecule has 1 unspecified atom stereocenters. The lowest BCUT2D eigenvalue weighted by molar-refractivity contribution is -0.115. The van der Waals surface area contributed by atoms with Crippen LogP contribution in [0.5, 0.6) is 0 Å².